The third-order valence-corrected chi connectivity index (χ3v) is 6.50. The molecule has 0 unspecified atom stereocenters. The van der Waals surface area contributed by atoms with Gasteiger partial charge in [-0.05, 0) is 54.9 Å². The Hall–Kier alpha value is -1.17. The summed E-state index contributed by atoms with van der Waals surface area (Å²) in [6.07, 6.45) is 3.50. The Bertz CT molecular complexity index is 587. The predicted molar refractivity (Wildman–Crippen MR) is 112 cm³/mol. The van der Waals surface area contributed by atoms with Gasteiger partial charge >= 0.3 is 0 Å². The predicted octanol–water partition coefficient (Wildman–Crippen LogP) is 3.79. The van der Waals surface area contributed by atoms with Gasteiger partial charge in [0.25, 0.3) is 0 Å². The molecule has 1 saturated heterocycles. The molecule has 4 atom stereocenters. The fourth-order valence-corrected chi connectivity index (χ4v) is 4.73. The van der Waals surface area contributed by atoms with Crippen LogP contribution in [0.1, 0.15) is 40.0 Å². The van der Waals surface area contributed by atoms with Crippen LogP contribution in [-0.4, -0.2) is 61.5 Å². The summed E-state index contributed by atoms with van der Waals surface area (Å²) in [7, 11) is 0. The number of hydrogen-bond donors (Lipinski definition) is 1. The van der Waals surface area contributed by atoms with Crippen molar-refractivity contribution in [2.45, 2.75) is 52.2 Å². The standard InChI is InChI=1S/C23H37FN2O2/c1-17(2)22-9-4-18(3)14-23(22)28-16-21(27)15-25-10-12-26(13-11-25)20-7-5-19(24)6-8-20/h5-8,17-18,21-23,27H,4,9-16H2,1-3H3/t18-,21-,22+,23-/m0/s1. The number of rotatable bonds is 7. The Morgan fingerprint density at radius 3 is 2.43 bits per heavy atom. The van der Waals surface area contributed by atoms with Crippen LogP contribution in [-0.2, 0) is 4.74 Å². The van der Waals surface area contributed by atoms with Gasteiger partial charge in [-0.15, -0.1) is 0 Å². The first-order valence-corrected chi connectivity index (χ1v) is 10.9. The van der Waals surface area contributed by atoms with Gasteiger partial charge in [-0.2, -0.15) is 0 Å². The average molecular weight is 393 g/mol. The van der Waals surface area contributed by atoms with E-state index in [0.717, 1.165) is 44.2 Å². The number of aliphatic hydroxyl groups excluding tert-OH is 1. The van der Waals surface area contributed by atoms with E-state index >= 15 is 0 Å². The Labute approximate surface area is 169 Å². The maximum absolute atomic E-state index is 13.1. The van der Waals surface area contributed by atoms with Gasteiger partial charge in [0.1, 0.15) is 5.82 Å². The minimum atomic E-state index is -0.442. The third-order valence-electron chi connectivity index (χ3n) is 6.50. The molecule has 5 heteroatoms. The van der Waals surface area contributed by atoms with Crippen LogP contribution in [0.3, 0.4) is 0 Å². The minimum Gasteiger partial charge on any atom is -0.389 e. The molecule has 1 aliphatic heterocycles. The summed E-state index contributed by atoms with van der Waals surface area (Å²) in [4.78, 5) is 4.58. The molecule has 2 fully saturated rings. The highest BCUT2D eigenvalue weighted by Gasteiger charge is 2.32. The highest BCUT2D eigenvalue weighted by Crippen LogP contribution is 2.35. The number of piperazine rings is 1. The summed E-state index contributed by atoms with van der Waals surface area (Å²) in [5.74, 6) is 1.77. The molecule has 4 nitrogen and oxygen atoms in total. The average Bonchev–Trinajstić information content (AvgIpc) is 2.67. The largest absolute Gasteiger partial charge is 0.389 e. The Morgan fingerprint density at radius 1 is 1.11 bits per heavy atom. The number of anilines is 1. The number of halogens is 1. The van der Waals surface area contributed by atoms with Gasteiger partial charge in [0.15, 0.2) is 0 Å². The van der Waals surface area contributed by atoms with E-state index in [2.05, 4.69) is 30.6 Å². The molecule has 158 valence electrons. The molecule has 1 aromatic rings. The van der Waals surface area contributed by atoms with Crippen LogP contribution < -0.4 is 4.90 Å². The van der Waals surface area contributed by atoms with Crippen LogP contribution in [0.2, 0.25) is 0 Å². The van der Waals surface area contributed by atoms with Gasteiger partial charge in [-0.1, -0.05) is 27.2 Å². The molecule has 0 radical (unpaired) electrons. The number of benzene rings is 1. The van der Waals surface area contributed by atoms with Crippen molar-refractivity contribution in [3.05, 3.63) is 30.1 Å². The van der Waals surface area contributed by atoms with E-state index in [1.807, 2.05) is 12.1 Å². The summed E-state index contributed by atoms with van der Waals surface area (Å²) in [5.41, 5.74) is 1.07. The smallest absolute Gasteiger partial charge is 0.123 e. The second-order valence-electron chi connectivity index (χ2n) is 9.12. The lowest BCUT2D eigenvalue weighted by molar-refractivity contribution is -0.0740. The summed E-state index contributed by atoms with van der Waals surface area (Å²) < 4.78 is 19.3. The molecule has 1 heterocycles. The minimum absolute atomic E-state index is 0.197. The van der Waals surface area contributed by atoms with E-state index in [-0.39, 0.29) is 11.9 Å². The molecule has 28 heavy (non-hydrogen) atoms. The molecule has 1 saturated carbocycles. The summed E-state index contributed by atoms with van der Waals surface area (Å²) in [6.45, 7) is 11.6. The molecule has 1 N–H and O–H groups in total. The van der Waals surface area contributed by atoms with Crippen LogP contribution in [0.5, 0.6) is 0 Å². The number of ether oxygens (including phenoxy) is 1. The molecule has 0 bridgehead atoms. The van der Waals surface area contributed by atoms with Crippen LogP contribution in [0.4, 0.5) is 10.1 Å². The monoisotopic (exact) mass is 392 g/mol. The van der Waals surface area contributed by atoms with Crippen molar-refractivity contribution in [1.29, 1.82) is 0 Å². The van der Waals surface area contributed by atoms with Gasteiger partial charge < -0.3 is 14.7 Å². The number of β-amino-alcohol motifs (C(OH)–C–C–N with tert-alkyl or cyclic N) is 1. The van der Waals surface area contributed by atoms with Crippen LogP contribution in [0.25, 0.3) is 0 Å². The van der Waals surface area contributed by atoms with Crippen LogP contribution in [0.15, 0.2) is 24.3 Å². The molecule has 0 amide bonds. The van der Waals surface area contributed by atoms with Crippen molar-refractivity contribution in [2.75, 3.05) is 44.2 Å². The van der Waals surface area contributed by atoms with Crippen molar-refractivity contribution in [2.24, 2.45) is 17.8 Å². The van der Waals surface area contributed by atoms with Crippen molar-refractivity contribution in [3.63, 3.8) is 0 Å². The SMILES string of the molecule is CC(C)[C@H]1CC[C@H](C)C[C@@H]1OC[C@@H](O)CN1CCN(c2ccc(F)cc2)CC1. The zero-order valence-corrected chi connectivity index (χ0v) is 17.7. The van der Waals surface area contributed by atoms with Gasteiger partial charge in [0.2, 0.25) is 0 Å². The van der Waals surface area contributed by atoms with E-state index < -0.39 is 6.10 Å². The molecule has 2 aliphatic rings. The Balaban J connectivity index is 1.40. The summed E-state index contributed by atoms with van der Waals surface area (Å²) in [5, 5.41) is 10.5. The normalized spacial score (nSPS) is 27.9. The van der Waals surface area contributed by atoms with Crippen molar-refractivity contribution in [1.82, 2.24) is 4.90 Å². The van der Waals surface area contributed by atoms with Crippen molar-refractivity contribution >= 4 is 5.69 Å². The van der Waals surface area contributed by atoms with Crippen molar-refractivity contribution < 1.29 is 14.2 Å². The maximum Gasteiger partial charge on any atom is 0.123 e. The molecular formula is C23H37FN2O2. The maximum atomic E-state index is 13.1. The van der Waals surface area contributed by atoms with E-state index in [1.165, 1.54) is 25.0 Å². The van der Waals surface area contributed by atoms with E-state index in [1.54, 1.807) is 0 Å². The van der Waals surface area contributed by atoms with Gasteiger partial charge in [0, 0.05) is 38.4 Å². The fraction of sp³-hybridized carbons (Fsp3) is 0.739. The molecule has 1 aromatic carbocycles. The molecule has 1 aliphatic carbocycles. The fourth-order valence-electron chi connectivity index (χ4n) is 4.73. The van der Waals surface area contributed by atoms with E-state index in [0.29, 0.717) is 25.0 Å². The highest BCUT2D eigenvalue weighted by atomic mass is 19.1. The van der Waals surface area contributed by atoms with Gasteiger partial charge in [-0.3, -0.25) is 4.90 Å². The number of hydrogen-bond acceptors (Lipinski definition) is 4. The van der Waals surface area contributed by atoms with E-state index in [4.69, 9.17) is 4.74 Å². The van der Waals surface area contributed by atoms with Gasteiger partial charge in [-0.25, -0.2) is 4.39 Å². The lowest BCUT2D eigenvalue weighted by Crippen LogP contribution is -2.49. The molecule has 3 rings (SSSR count). The highest BCUT2D eigenvalue weighted by molar-refractivity contribution is 5.46. The molecule has 0 spiro atoms. The van der Waals surface area contributed by atoms with Crippen molar-refractivity contribution in [3.8, 4) is 0 Å². The zero-order chi connectivity index (χ0) is 20.1. The summed E-state index contributed by atoms with van der Waals surface area (Å²) in [6, 6.07) is 6.70. The first-order chi connectivity index (χ1) is 13.4. The second kappa shape index (κ2) is 10.0. The first kappa shape index (κ1) is 21.5. The molecular weight excluding hydrogens is 355 g/mol. The molecule has 0 aromatic heterocycles. The van der Waals surface area contributed by atoms with Crippen LogP contribution in [0, 0.1) is 23.6 Å². The van der Waals surface area contributed by atoms with Gasteiger partial charge in [0.05, 0.1) is 18.8 Å². The Morgan fingerprint density at radius 2 is 1.79 bits per heavy atom. The summed E-state index contributed by atoms with van der Waals surface area (Å²) >= 11 is 0. The number of aliphatic hydroxyl groups is 1. The van der Waals surface area contributed by atoms with Crippen LogP contribution >= 0.6 is 0 Å². The van der Waals surface area contributed by atoms with E-state index in [9.17, 15) is 9.50 Å². The zero-order valence-electron chi connectivity index (χ0n) is 17.7. The Kier molecular flexibility index (Phi) is 7.72. The first-order valence-electron chi connectivity index (χ1n) is 10.9. The second-order valence-corrected chi connectivity index (χ2v) is 9.12. The lowest BCUT2D eigenvalue weighted by Gasteiger charge is -2.39. The third kappa shape index (κ3) is 5.91. The number of nitrogens with zero attached hydrogens (tertiary/aromatic N) is 2. The lowest BCUT2D eigenvalue weighted by atomic mass is 9.75. The topological polar surface area (TPSA) is 35.9 Å². The quantitative estimate of drug-likeness (QED) is 0.766.